The van der Waals surface area contributed by atoms with Gasteiger partial charge in [-0.2, -0.15) is 0 Å². The lowest BCUT2D eigenvalue weighted by molar-refractivity contribution is 0.0158. The lowest BCUT2D eigenvalue weighted by atomic mass is 10.1. The van der Waals surface area contributed by atoms with Crippen LogP contribution in [0.4, 0.5) is 5.82 Å². The number of aliphatic hydroxyl groups is 1. The summed E-state index contributed by atoms with van der Waals surface area (Å²) in [6.07, 6.45) is 2.12. The second kappa shape index (κ2) is 6.97. The zero-order valence-electron chi connectivity index (χ0n) is 11.7. The lowest BCUT2D eigenvalue weighted by Gasteiger charge is -2.33. The molecular formula is C14H21N3O2S. The minimum Gasteiger partial charge on any atom is -0.394 e. The number of rotatable bonds is 5. The van der Waals surface area contributed by atoms with Crippen LogP contribution in [-0.4, -0.2) is 47.5 Å². The predicted octanol–water partition coefficient (Wildman–Crippen LogP) is 1.00. The molecule has 0 bridgehead atoms. The van der Waals surface area contributed by atoms with Gasteiger partial charge in [-0.25, -0.2) is 4.98 Å². The second-order valence-corrected chi connectivity index (χ2v) is 5.44. The Morgan fingerprint density at radius 2 is 2.20 bits per heavy atom. The van der Waals surface area contributed by atoms with E-state index < -0.39 is 0 Å². The molecule has 1 fully saturated rings. The first-order chi connectivity index (χ1) is 9.60. The fraction of sp³-hybridized carbons (Fsp3) is 0.571. The summed E-state index contributed by atoms with van der Waals surface area (Å²) < 4.78 is 5.56. The van der Waals surface area contributed by atoms with E-state index >= 15 is 0 Å². The second-order valence-electron chi connectivity index (χ2n) is 5.00. The summed E-state index contributed by atoms with van der Waals surface area (Å²) >= 11 is 5.04. The van der Waals surface area contributed by atoms with Crippen molar-refractivity contribution in [3.63, 3.8) is 0 Å². The molecule has 0 amide bonds. The maximum Gasteiger partial charge on any atom is 0.129 e. The standard InChI is InChI=1S/C14H21N3O2S/c1-10-8-11(14(15)20)9-13(16-10)17-4-2-12(3-5-17)19-7-6-18/h8-9,12,18H,2-7H2,1H3,(H2,15,20). The maximum absolute atomic E-state index is 8.77. The molecular weight excluding hydrogens is 274 g/mol. The van der Waals surface area contributed by atoms with E-state index in [-0.39, 0.29) is 12.7 Å². The first-order valence-corrected chi connectivity index (χ1v) is 7.27. The number of piperidine rings is 1. The Bertz CT molecular complexity index is 473. The molecule has 2 heterocycles. The Labute approximate surface area is 124 Å². The number of ether oxygens (including phenoxy) is 1. The maximum atomic E-state index is 8.77. The van der Waals surface area contributed by atoms with Crippen LogP contribution >= 0.6 is 12.2 Å². The number of anilines is 1. The van der Waals surface area contributed by atoms with Crippen LogP contribution in [0.5, 0.6) is 0 Å². The molecule has 0 saturated carbocycles. The van der Waals surface area contributed by atoms with E-state index in [4.69, 9.17) is 27.8 Å². The van der Waals surface area contributed by atoms with E-state index in [0.29, 0.717) is 11.6 Å². The van der Waals surface area contributed by atoms with E-state index in [1.807, 2.05) is 19.1 Å². The minimum atomic E-state index is 0.0803. The van der Waals surface area contributed by atoms with Crippen LogP contribution in [0.1, 0.15) is 24.1 Å². The van der Waals surface area contributed by atoms with Gasteiger partial charge < -0.3 is 20.5 Å². The highest BCUT2D eigenvalue weighted by Crippen LogP contribution is 2.21. The van der Waals surface area contributed by atoms with Gasteiger partial charge in [0.2, 0.25) is 0 Å². The van der Waals surface area contributed by atoms with Crippen molar-refractivity contribution in [1.82, 2.24) is 4.98 Å². The zero-order valence-corrected chi connectivity index (χ0v) is 12.5. The minimum absolute atomic E-state index is 0.0803. The van der Waals surface area contributed by atoms with Gasteiger partial charge in [-0.15, -0.1) is 0 Å². The van der Waals surface area contributed by atoms with Crippen LogP contribution in [0.2, 0.25) is 0 Å². The largest absolute Gasteiger partial charge is 0.394 e. The molecule has 6 heteroatoms. The fourth-order valence-electron chi connectivity index (χ4n) is 2.43. The van der Waals surface area contributed by atoms with Gasteiger partial charge in [-0.1, -0.05) is 12.2 Å². The van der Waals surface area contributed by atoms with E-state index in [1.54, 1.807) is 0 Å². The van der Waals surface area contributed by atoms with Gasteiger partial charge in [0.1, 0.15) is 10.8 Å². The highest BCUT2D eigenvalue weighted by Gasteiger charge is 2.21. The summed E-state index contributed by atoms with van der Waals surface area (Å²) in [5, 5.41) is 8.77. The summed E-state index contributed by atoms with van der Waals surface area (Å²) in [5.41, 5.74) is 7.48. The molecule has 5 nitrogen and oxygen atoms in total. The van der Waals surface area contributed by atoms with Crippen LogP contribution in [-0.2, 0) is 4.74 Å². The SMILES string of the molecule is Cc1cc(C(N)=S)cc(N2CCC(OCCO)CC2)n1. The molecule has 0 aromatic carbocycles. The number of pyridine rings is 1. The normalized spacial score (nSPS) is 16.4. The van der Waals surface area contributed by atoms with Crippen molar-refractivity contribution in [2.45, 2.75) is 25.9 Å². The highest BCUT2D eigenvalue weighted by atomic mass is 32.1. The fourth-order valence-corrected chi connectivity index (χ4v) is 2.54. The summed E-state index contributed by atoms with van der Waals surface area (Å²) in [6.45, 7) is 4.23. The average molecular weight is 295 g/mol. The number of hydrogen-bond acceptors (Lipinski definition) is 5. The third kappa shape index (κ3) is 3.88. The Balaban J connectivity index is 2.01. The van der Waals surface area contributed by atoms with Crippen LogP contribution in [0.15, 0.2) is 12.1 Å². The molecule has 0 radical (unpaired) electrons. The molecule has 0 spiro atoms. The van der Waals surface area contributed by atoms with Gasteiger partial charge in [-0.3, -0.25) is 0 Å². The average Bonchev–Trinajstić information content (AvgIpc) is 2.45. The quantitative estimate of drug-likeness (QED) is 0.790. The van der Waals surface area contributed by atoms with E-state index in [9.17, 15) is 0 Å². The number of aliphatic hydroxyl groups excluding tert-OH is 1. The molecule has 0 unspecified atom stereocenters. The van der Waals surface area contributed by atoms with Crippen molar-refractivity contribution in [3.05, 3.63) is 23.4 Å². The van der Waals surface area contributed by atoms with Crippen molar-refractivity contribution in [2.24, 2.45) is 5.73 Å². The third-order valence-electron chi connectivity index (χ3n) is 3.44. The summed E-state index contributed by atoms with van der Waals surface area (Å²) in [6, 6.07) is 3.85. The van der Waals surface area contributed by atoms with Crippen molar-refractivity contribution in [2.75, 3.05) is 31.2 Å². The van der Waals surface area contributed by atoms with Crippen LogP contribution in [0, 0.1) is 6.92 Å². The van der Waals surface area contributed by atoms with E-state index in [1.165, 1.54) is 0 Å². The van der Waals surface area contributed by atoms with Crippen LogP contribution in [0.3, 0.4) is 0 Å². The summed E-state index contributed by atoms with van der Waals surface area (Å²) in [5.74, 6) is 0.924. The molecule has 0 atom stereocenters. The Kier molecular flexibility index (Phi) is 5.28. The monoisotopic (exact) mass is 295 g/mol. The van der Waals surface area contributed by atoms with Gasteiger partial charge in [0.05, 0.1) is 19.3 Å². The van der Waals surface area contributed by atoms with Gasteiger partial charge >= 0.3 is 0 Å². The van der Waals surface area contributed by atoms with Crippen molar-refractivity contribution >= 4 is 23.0 Å². The smallest absolute Gasteiger partial charge is 0.129 e. The van der Waals surface area contributed by atoms with Gasteiger partial charge in [-0.05, 0) is 31.9 Å². The predicted molar refractivity (Wildman–Crippen MR) is 83.1 cm³/mol. The van der Waals surface area contributed by atoms with Crippen LogP contribution < -0.4 is 10.6 Å². The molecule has 1 aromatic heterocycles. The number of nitrogens with zero attached hydrogens (tertiary/aromatic N) is 2. The number of aryl methyl sites for hydroxylation is 1. The van der Waals surface area contributed by atoms with E-state index in [2.05, 4.69) is 9.88 Å². The zero-order chi connectivity index (χ0) is 14.5. The van der Waals surface area contributed by atoms with Crippen LogP contribution in [0.25, 0.3) is 0 Å². The molecule has 2 rings (SSSR count). The van der Waals surface area contributed by atoms with Gasteiger partial charge in [0, 0.05) is 24.3 Å². The molecule has 110 valence electrons. The third-order valence-corrected chi connectivity index (χ3v) is 3.67. The Morgan fingerprint density at radius 1 is 1.50 bits per heavy atom. The highest BCUT2D eigenvalue weighted by molar-refractivity contribution is 7.80. The topological polar surface area (TPSA) is 71.6 Å². The number of hydrogen-bond donors (Lipinski definition) is 2. The summed E-state index contributed by atoms with van der Waals surface area (Å²) in [4.78, 5) is 7.19. The van der Waals surface area contributed by atoms with Crippen molar-refractivity contribution < 1.29 is 9.84 Å². The Hall–Kier alpha value is -1.24. The molecule has 20 heavy (non-hydrogen) atoms. The molecule has 0 aliphatic carbocycles. The molecule has 3 N–H and O–H groups in total. The van der Waals surface area contributed by atoms with Gasteiger partial charge in [0.15, 0.2) is 0 Å². The lowest BCUT2D eigenvalue weighted by Crippen LogP contribution is -2.38. The summed E-state index contributed by atoms with van der Waals surface area (Å²) in [7, 11) is 0. The van der Waals surface area contributed by atoms with Crippen molar-refractivity contribution in [3.8, 4) is 0 Å². The molecule has 1 aromatic rings. The Morgan fingerprint density at radius 3 is 2.80 bits per heavy atom. The first-order valence-electron chi connectivity index (χ1n) is 6.86. The molecule has 1 saturated heterocycles. The number of nitrogens with two attached hydrogens (primary N) is 1. The van der Waals surface area contributed by atoms with E-state index in [0.717, 1.165) is 43.0 Å². The molecule has 1 aliphatic rings. The number of thiocarbonyl (C=S) groups is 1. The van der Waals surface area contributed by atoms with Gasteiger partial charge in [0.25, 0.3) is 0 Å². The number of aromatic nitrogens is 1. The first kappa shape index (κ1) is 15.2. The van der Waals surface area contributed by atoms with Crippen molar-refractivity contribution in [1.29, 1.82) is 0 Å². The molecule has 1 aliphatic heterocycles.